The second-order valence-corrected chi connectivity index (χ2v) is 5.97. The molecule has 1 aliphatic rings. The molecule has 1 N–H and O–H groups in total. The highest BCUT2D eigenvalue weighted by Crippen LogP contribution is 2.11. The first-order chi connectivity index (χ1) is 12.1. The van der Waals surface area contributed by atoms with Crippen LogP contribution in [0, 0.1) is 5.82 Å². The van der Waals surface area contributed by atoms with E-state index in [4.69, 9.17) is 0 Å². The fourth-order valence-corrected chi connectivity index (χ4v) is 2.82. The molecule has 0 atom stereocenters. The van der Waals surface area contributed by atoms with Crippen molar-refractivity contribution >= 4 is 17.6 Å². The van der Waals surface area contributed by atoms with Crippen LogP contribution in [0.4, 0.5) is 14.9 Å². The molecule has 1 saturated heterocycles. The number of halogens is 1. The predicted molar refractivity (Wildman–Crippen MR) is 93.7 cm³/mol. The van der Waals surface area contributed by atoms with Crippen LogP contribution >= 0.6 is 0 Å². The Bertz CT molecular complexity index is 743. The first-order valence-electron chi connectivity index (χ1n) is 8.25. The zero-order chi connectivity index (χ0) is 17.6. The van der Waals surface area contributed by atoms with Gasteiger partial charge in [0, 0.05) is 31.9 Å². The summed E-state index contributed by atoms with van der Waals surface area (Å²) in [6, 6.07) is 15.2. The zero-order valence-corrected chi connectivity index (χ0v) is 13.8. The van der Waals surface area contributed by atoms with Crippen molar-refractivity contribution in [1.29, 1.82) is 0 Å². The summed E-state index contributed by atoms with van der Waals surface area (Å²) in [7, 11) is 0. The summed E-state index contributed by atoms with van der Waals surface area (Å²) in [6.45, 7) is 1.92. The molecule has 0 spiro atoms. The average molecular weight is 341 g/mol. The maximum absolute atomic E-state index is 13.2. The van der Waals surface area contributed by atoms with Crippen molar-refractivity contribution in [2.75, 3.05) is 31.5 Å². The molecule has 2 aromatic carbocycles. The van der Waals surface area contributed by atoms with Crippen LogP contribution in [-0.2, 0) is 11.2 Å². The van der Waals surface area contributed by atoms with Crippen molar-refractivity contribution in [1.82, 2.24) is 9.80 Å². The Labute approximate surface area is 146 Å². The maximum Gasteiger partial charge on any atom is 0.321 e. The number of hydrogen-bond acceptors (Lipinski definition) is 2. The number of carbonyl (C=O) groups is 2. The van der Waals surface area contributed by atoms with Crippen molar-refractivity contribution in [3.63, 3.8) is 0 Å². The number of para-hydroxylation sites is 1. The molecule has 0 saturated carbocycles. The molecular formula is C19H20FN3O2. The summed E-state index contributed by atoms with van der Waals surface area (Å²) < 4.78 is 13.2. The minimum absolute atomic E-state index is 0.0475. The molecule has 0 aromatic heterocycles. The summed E-state index contributed by atoms with van der Waals surface area (Å²) in [5.74, 6) is -0.388. The van der Waals surface area contributed by atoms with Crippen LogP contribution in [0.3, 0.4) is 0 Å². The first-order valence-corrected chi connectivity index (χ1v) is 8.25. The molecule has 5 nitrogen and oxygen atoms in total. The molecular weight excluding hydrogens is 321 g/mol. The Hall–Kier alpha value is -2.89. The predicted octanol–water partition coefficient (Wildman–Crippen LogP) is 2.74. The van der Waals surface area contributed by atoms with Crippen LogP contribution in [0.5, 0.6) is 0 Å². The molecule has 2 aromatic rings. The van der Waals surface area contributed by atoms with E-state index in [0.717, 1.165) is 5.69 Å². The number of nitrogens with one attached hydrogen (secondary N) is 1. The molecule has 25 heavy (non-hydrogen) atoms. The fourth-order valence-electron chi connectivity index (χ4n) is 2.82. The van der Waals surface area contributed by atoms with Gasteiger partial charge in [-0.25, -0.2) is 9.18 Å². The molecule has 0 radical (unpaired) electrons. The quantitative estimate of drug-likeness (QED) is 0.933. The normalized spacial score (nSPS) is 14.3. The van der Waals surface area contributed by atoms with Gasteiger partial charge in [-0.05, 0) is 29.8 Å². The molecule has 130 valence electrons. The smallest absolute Gasteiger partial charge is 0.321 e. The molecule has 1 heterocycles. The standard InChI is InChI=1S/C19H20FN3O2/c20-16-6-4-5-15(13-16)14-18(24)22-9-11-23(12-10-22)19(25)21-17-7-2-1-3-8-17/h1-8,13H,9-12,14H2,(H,21,25). The molecule has 3 rings (SSSR count). The second-order valence-electron chi connectivity index (χ2n) is 5.97. The average Bonchev–Trinajstić information content (AvgIpc) is 2.62. The highest BCUT2D eigenvalue weighted by Gasteiger charge is 2.24. The van der Waals surface area contributed by atoms with E-state index in [1.165, 1.54) is 12.1 Å². The van der Waals surface area contributed by atoms with Crippen molar-refractivity contribution in [2.24, 2.45) is 0 Å². The number of benzene rings is 2. The molecule has 3 amide bonds. The first kappa shape index (κ1) is 17.0. The summed E-state index contributed by atoms with van der Waals surface area (Å²) in [5.41, 5.74) is 1.41. The van der Waals surface area contributed by atoms with Crippen molar-refractivity contribution in [3.8, 4) is 0 Å². The third kappa shape index (κ3) is 4.56. The number of nitrogens with zero attached hydrogens (tertiary/aromatic N) is 2. The van der Waals surface area contributed by atoms with E-state index in [0.29, 0.717) is 31.7 Å². The number of hydrogen-bond donors (Lipinski definition) is 1. The largest absolute Gasteiger partial charge is 0.339 e. The monoisotopic (exact) mass is 341 g/mol. The van der Waals surface area contributed by atoms with Crippen LogP contribution in [0.2, 0.25) is 0 Å². The lowest BCUT2D eigenvalue weighted by Gasteiger charge is -2.34. The molecule has 0 aliphatic carbocycles. The number of carbonyl (C=O) groups excluding carboxylic acids is 2. The van der Waals surface area contributed by atoms with Crippen LogP contribution in [0.25, 0.3) is 0 Å². The van der Waals surface area contributed by atoms with Gasteiger partial charge in [-0.2, -0.15) is 0 Å². The van der Waals surface area contributed by atoms with Gasteiger partial charge in [-0.1, -0.05) is 30.3 Å². The maximum atomic E-state index is 13.2. The number of piperazine rings is 1. The minimum atomic E-state index is -0.340. The molecule has 6 heteroatoms. The number of anilines is 1. The lowest BCUT2D eigenvalue weighted by Crippen LogP contribution is -2.52. The summed E-state index contributed by atoms with van der Waals surface area (Å²) >= 11 is 0. The topological polar surface area (TPSA) is 52.7 Å². The number of amides is 3. The number of urea groups is 1. The Kier molecular flexibility index (Phi) is 5.28. The Morgan fingerprint density at radius 2 is 1.60 bits per heavy atom. The van der Waals surface area contributed by atoms with Gasteiger partial charge in [0.2, 0.25) is 5.91 Å². The van der Waals surface area contributed by atoms with E-state index in [1.54, 1.807) is 21.9 Å². The highest BCUT2D eigenvalue weighted by molar-refractivity contribution is 5.89. The molecule has 1 fully saturated rings. The van der Waals surface area contributed by atoms with Gasteiger partial charge >= 0.3 is 6.03 Å². The fraction of sp³-hybridized carbons (Fsp3) is 0.263. The third-order valence-electron chi connectivity index (χ3n) is 4.19. The Balaban J connectivity index is 1.49. The van der Waals surface area contributed by atoms with E-state index in [-0.39, 0.29) is 24.2 Å². The Morgan fingerprint density at radius 3 is 2.28 bits per heavy atom. The Morgan fingerprint density at radius 1 is 0.920 bits per heavy atom. The summed E-state index contributed by atoms with van der Waals surface area (Å²) in [4.78, 5) is 28.0. The molecule has 0 bridgehead atoms. The van der Waals surface area contributed by atoms with E-state index < -0.39 is 0 Å². The van der Waals surface area contributed by atoms with Gasteiger partial charge in [0.15, 0.2) is 0 Å². The molecule has 0 unspecified atom stereocenters. The third-order valence-corrected chi connectivity index (χ3v) is 4.19. The van der Waals surface area contributed by atoms with Crippen LogP contribution in [0.1, 0.15) is 5.56 Å². The molecule has 1 aliphatic heterocycles. The summed E-state index contributed by atoms with van der Waals surface area (Å²) in [5, 5.41) is 2.84. The summed E-state index contributed by atoms with van der Waals surface area (Å²) in [6.07, 6.45) is 0.175. The van der Waals surface area contributed by atoms with Gasteiger partial charge in [-0.15, -0.1) is 0 Å². The lowest BCUT2D eigenvalue weighted by atomic mass is 10.1. The lowest BCUT2D eigenvalue weighted by molar-refractivity contribution is -0.131. The van der Waals surface area contributed by atoms with E-state index >= 15 is 0 Å². The van der Waals surface area contributed by atoms with Gasteiger partial charge < -0.3 is 15.1 Å². The highest BCUT2D eigenvalue weighted by atomic mass is 19.1. The number of rotatable bonds is 3. The van der Waals surface area contributed by atoms with Crippen molar-refractivity contribution in [3.05, 3.63) is 66.0 Å². The van der Waals surface area contributed by atoms with Crippen LogP contribution < -0.4 is 5.32 Å². The SMILES string of the molecule is O=C(Cc1cccc(F)c1)N1CCN(C(=O)Nc2ccccc2)CC1. The zero-order valence-electron chi connectivity index (χ0n) is 13.8. The van der Waals surface area contributed by atoms with E-state index in [9.17, 15) is 14.0 Å². The van der Waals surface area contributed by atoms with Crippen molar-refractivity contribution in [2.45, 2.75) is 6.42 Å². The van der Waals surface area contributed by atoms with Crippen molar-refractivity contribution < 1.29 is 14.0 Å². The van der Waals surface area contributed by atoms with E-state index in [2.05, 4.69) is 5.32 Å². The minimum Gasteiger partial charge on any atom is -0.339 e. The van der Waals surface area contributed by atoms with Crippen LogP contribution in [-0.4, -0.2) is 47.9 Å². The van der Waals surface area contributed by atoms with E-state index in [1.807, 2.05) is 30.3 Å². The van der Waals surface area contributed by atoms with Gasteiger partial charge in [0.1, 0.15) is 5.82 Å². The van der Waals surface area contributed by atoms with Crippen LogP contribution in [0.15, 0.2) is 54.6 Å². The second kappa shape index (κ2) is 7.79. The van der Waals surface area contributed by atoms with Gasteiger partial charge in [-0.3, -0.25) is 4.79 Å². The van der Waals surface area contributed by atoms with Gasteiger partial charge in [0.25, 0.3) is 0 Å². The van der Waals surface area contributed by atoms with Gasteiger partial charge in [0.05, 0.1) is 6.42 Å².